The van der Waals surface area contributed by atoms with Crippen LogP contribution in [0.4, 0.5) is 5.69 Å². The van der Waals surface area contributed by atoms with Crippen molar-refractivity contribution < 1.29 is 18.7 Å². The van der Waals surface area contributed by atoms with Gasteiger partial charge in [0, 0.05) is 18.4 Å². The Bertz CT molecular complexity index is 750. The van der Waals surface area contributed by atoms with Gasteiger partial charge in [0.25, 0.3) is 0 Å². The van der Waals surface area contributed by atoms with Crippen molar-refractivity contribution in [1.82, 2.24) is 5.32 Å². The number of furan rings is 1. The number of hydrogen-bond acceptors (Lipinski definition) is 5. The van der Waals surface area contributed by atoms with E-state index in [0.29, 0.717) is 12.4 Å². The Balaban J connectivity index is 1.42. The largest absolute Gasteiger partial charge is 0.491 e. The number of ether oxygens (including phenoxy) is 2. The standard InChI is InChI=1S/C19H20N2O4S/c22-18(10-9-15-3-1-11-23-15)21-19(26)20-14-5-7-16(8-6-14)25-13-17-4-2-12-24-17/h1,3,5-11,17H,2,4,12-13H2,(H2,20,21,22,26)/b10-9+. The van der Waals surface area contributed by atoms with E-state index in [9.17, 15) is 4.79 Å². The third-order valence-electron chi connectivity index (χ3n) is 3.75. The van der Waals surface area contributed by atoms with Crippen molar-refractivity contribution in [2.24, 2.45) is 0 Å². The van der Waals surface area contributed by atoms with Crippen LogP contribution in [0.3, 0.4) is 0 Å². The summed E-state index contributed by atoms with van der Waals surface area (Å²) in [4.78, 5) is 11.8. The second-order valence-corrected chi connectivity index (χ2v) is 6.17. The summed E-state index contributed by atoms with van der Waals surface area (Å²) in [5, 5.41) is 5.74. The molecule has 6 nitrogen and oxygen atoms in total. The molecule has 1 atom stereocenters. The number of benzene rings is 1. The van der Waals surface area contributed by atoms with Crippen LogP contribution >= 0.6 is 12.2 Å². The lowest BCUT2D eigenvalue weighted by Crippen LogP contribution is -2.32. The highest BCUT2D eigenvalue weighted by atomic mass is 32.1. The molecule has 0 bridgehead atoms. The summed E-state index contributed by atoms with van der Waals surface area (Å²) in [7, 11) is 0. The van der Waals surface area contributed by atoms with E-state index in [4.69, 9.17) is 26.1 Å². The molecule has 136 valence electrons. The van der Waals surface area contributed by atoms with E-state index < -0.39 is 0 Å². The first kappa shape index (κ1) is 18.2. The molecular formula is C19H20N2O4S. The monoisotopic (exact) mass is 372 g/mol. The highest BCUT2D eigenvalue weighted by Crippen LogP contribution is 2.18. The molecule has 2 aromatic rings. The summed E-state index contributed by atoms with van der Waals surface area (Å²) >= 11 is 5.13. The van der Waals surface area contributed by atoms with E-state index >= 15 is 0 Å². The summed E-state index contributed by atoms with van der Waals surface area (Å²) in [6.07, 6.45) is 6.79. The van der Waals surface area contributed by atoms with Crippen LogP contribution in [0.15, 0.2) is 53.2 Å². The Morgan fingerprint density at radius 1 is 1.31 bits per heavy atom. The van der Waals surface area contributed by atoms with E-state index in [0.717, 1.165) is 30.9 Å². The van der Waals surface area contributed by atoms with Crippen LogP contribution in [0, 0.1) is 0 Å². The number of amides is 1. The lowest BCUT2D eigenvalue weighted by molar-refractivity contribution is -0.115. The molecule has 26 heavy (non-hydrogen) atoms. The molecular weight excluding hydrogens is 352 g/mol. The summed E-state index contributed by atoms with van der Waals surface area (Å²) in [6, 6.07) is 10.9. The Hall–Kier alpha value is -2.64. The molecule has 0 aliphatic carbocycles. The molecule has 1 amide bonds. The van der Waals surface area contributed by atoms with Gasteiger partial charge in [0.05, 0.1) is 12.4 Å². The van der Waals surface area contributed by atoms with Crippen LogP contribution in [0.5, 0.6) is 5.75 Å². The quantitative estimate of drug-likeness (QED) is 0.598. The Morgan fingerprint density at radius 3 is 2.85 bits per heavy atom. The van der Waals surface area contributed by atoms with Gasteiger partial charge >= 0.3 is 0 Å². The van der Waals surface area contributed by atoms with E-state index in [2.05, 4.69) is 10.6 Å². The molecule has 1 aliphatic rings. The fourth-order valence-electron chi connectivity index (χ4n) is 2.46. The maximum atomic E-state index is 11.8. The van der Waals surface area contributed by atoms with Gasteiger partial charge in [-0.05, 0) is 67.5 Å². The summed E-state index contributed by atoms with van der Waals surface area (Å²) in [5.41, 5.74) is 0.759. The van der Waals surface area contributed by atoms with Crippen LogP contribution < -0.4 is 15.4 Å². The van der Waals surface area contributed by atoms with E-state index in [1.54, 1.807) is 18.2 Å². The molecule has 1 aromatic carbocycles. The van der Waals surface area contributed by atoms with Crippen LogP contribution in [-0.2, 0) is 9.53 Å². The van der Waals surface area contributed by atoms with Crippen molar-refractivity contribution >= 4 is 35.0 Å². The first-order valence-corrected chi connectivity index (χ1v) is 8.78. The molecule has 1 unspecified atom stereocenters. The minimum absolute atomic E-state index is 0.185. The van der Waals surface area contributed by atoms with Crippen LogP contribution in [0.1, 0.15) is 18.6 Å². The Morgan fingerprint density at radius 2 is 2.15 bits per heavy atom. The molecule has 3 rings (SSSR count). The minimum Gasteiger partial charge on any atom is -0.491 e. The van der Waals surface area contributed by atoms with Crippen molar-refractivity contribution in [3.63, 3.8) is 0 Å². The second kappa shape index (κ2) is 9.17. The van der Waals surface area contributed by atoms with Gasteiger partial charge in [-0.1, -0.05) is 0 Å². The van der Waals surface area contributed by atoms with Crippen LogP contribution in [-0.4, -0.2) is 30.3 Å². The van der Waals surface area contributed by atoms with Crippen molar-refractivity contribution in [1.29, 1.82) is 0 Å². The zero-order valence-corrected chi connectivity index (χ0v) is 15.0. The normalized spacial score (nSPS) is 16.5. The summed E-state index contributed by atoms with van der Waals surface area (Å²) in [5.74, 6) is 1.02. The molecule has 0 radical (unpaired) electrons. The van der Waals surface area contributed by atoms with Gasteiger partial charge in [-0.3, -0.25) is 10.1 Å². The van der Waals surface area contributed by atoms with Gasteiger partial charge in [0.15, 0.2) is 5.11 Å². The molecule has 0 saturated carbocycles. The number of carbonyl (C=O) groups is 1. The van der Waals surface area contributed by atoms with Gasteiger partial charge in [-0.2, -0.15) is 0 Å². The number of anilines is 1. The van der Waals surface area contributed by atoms with E-state index in [1.165, 1.54) is 12.3 Å². The van der Waals surface area contributed by atoms with Crippen LogP contribution in [0.2, 0.25) is 0 Å². The maximum absolute atomic E-state index is 11.8. The van der Waals surface area contributed by atoms with Gasteiger partial charge in [0.1, 0.15) is 18.1 Å². The topological polar surface area (TPSA) is 72.7 Å². The Labute approximate surface area is 157 Å². The second-order valence-electron chi connectivity index (χ2n) is 5.76. The van der Waals surface area contributed by atoms with Gasteiger partial charge < -0.3 is 19.2 Å². The fraction of sp³-hybridized carbons (Fsp3) is 0.263. The first-order chi connectivity index (χ1) is 12.7. The molecule has 7 heteroatoms. The van der Waals surface area contributed by atoms with Crippen molar-refractivity contribution in [3.8, 4) is 5.75 Å². The summed E-state index contributed by atoms with van der Waals surface area (Å²) in [6.45, 7) is 1.37. The molecule has 2 heterocycles. The number of carbonyl (C=O) groups excluding carboxylic acids is 1. The average molecular weight is 372 g/mol. The zero-order valence-electron chi connectivity index (χ0n) is 14.1. The van der Waals surface area contributed by atoms with Crippen molar-refractivity contribution in [2.45, 2.75) is 18.9 Å². The smallest absolute Gasteiger partial charge is 0.250 e. The number of rotatable bonds is 6. The van der Waals surface area contributed by atoms with Crippen molar-refractivity contribution in [2.75, 3.05) is 18.5 Å². The lowest BCUT2D eigenvalue weighted by Gasteiger charge is -2.12. The van der Waals surface area contributed by atoms with E-state index in [-0.39, 0.29) is 17.1 Å². The SMILES string of the molecule is O=C(/C=C/c1ccco1)NC(=S)Nc1ccc(OCC2CCCO2)cc1. The molecule has 2 N–H and O–H groups in total. The van der Waals surface area contributed by atoms with Crippen LogP contribution in [0.25, 0.3) is 6.08 Å². The van der Waals surface area contributed by atoms with Gasteiger partial charge in [0.2, 0.25) is 5.91 Å². The van der Waals surface area contributed by atoms with Crippen molar-refractivity contribution in [3.05, 3.63) is 54.5 Å². The zero-order chi connectivity index (χ0) is 18.2. The number of nitrogens with one attached hydrogen (secondary N) is 2. The first-order valence-electron chi connectivity index (χ1n) is 8.37. The maximum Gasteiger partial charge on any atom is 0.250 e. The van der Waals surface area contributed by atoms with Gasteiger partial charge in [-0.25, -0.2) is 0 Å². The molecule has 1 aliphatic heterocycles. The third kappa shape index (κ3) is 5.72. The minimum atomic E-state index is -0.338. The lowest BCUT2D eigenvalue weighted by atomic mass is 10.2. The molecule has 1 aromatic heterocycles. The Kier molecular flexibility index (Phi) is 6.40. The molecule has 0 spiro atoms. The predicted octanol–water partition coefficient (Wildman–Crippen LogP) is 3.36. The molecule has 1 saturated heterocycles. The fourth-order valence-corrected chi connectivity index (χ4v) is 2.68. The predicted molar refractivity (Wildman–Crippen MR) is 103 cm³/mol. The third-order valence-corrected chi connectivity index (χ3v) is 3.96. The van der Waals surface area contributed by atoms with E-state index in [1.807, 2.05) is 24.3 Å². The molecule has 1 fully saturated rings. The van der Waals surface area contributed by atoms with Gasteiger partial charge in [-0.15, -0.1) is 0 Å². The highest BCUT2D eigenvalue weighted by molar-refractivity contribution is 7.80. The number of thiocarbonyl (C=S) groups is 1. The highest BCUT2D eigenvalue weighted by Gasteiger charge is 2.15. The average Bonchev–Trinajstić information content (AvgIpc) is 3.33. The number of hydrogen-bond donors (Lipinski definition) is 2. The summed E-state index contributed by atoms with van der Waals surface area (Å²) < 4.78 is 16.3.